The number of carbonyl (C=O) groups excluding carboxylic acids is 1. The summed E-state index contributed by atoms with van der Waals surface area (Å²) in [6.07, 6.45) is 3.63. The third-order valence-corrected chi connectivity index (χ3v) is 5.11. The molecule has 0 N–H and O–H groups in total. The molecular weight excluding hydrogens is 357 g/mol. The quantitative estimate of drug-likeness (QED) is 0.695. The van der Waals surface area contributed by atoms with Crippen molar-refractivity contribution in [3.8, 4) is 11.4 Å². The standard InChI is InChI=1S/C21H22FN5O/c22-18-11-9-17(10-12-18)21(28)26-14-5-4-8-19(13-15-26)27-24-20(23-25-27)16-6-2-1-3-7-16/h1-3,6-7,9-12,19H,4-5,8,13-15H2. The number of nitrogens with zero attached hydrogens (tertiary/aromatic N) is 5. The molecule has 144 valence electrons. The van der Waals surface area contributed by atoms with Crippen LogP contribution in [0.1, 0.15) is 42.1 Å². The first-order valence-electron chi connectivity index (χ1n) is 9.60. The summed E-state index contributed by atoms with van der Waals surface area (Å²) in [6, 6.07) is 15.6. The van der Waals surface area contributed by atoms with Gasteiger partial charge in [-0.2, -0.15) is 4.80 Å². The number of likely N-dealkylation sites (tertiary alicyclic amines) is 1. The summed E-state index contributed by atoms with van der Waals surface area (Å²) in [7, 11) is 0. The molecule has 2 heterocycles. The van der Waals surface area contributed by atoms with Gasteiger partial charge in [0.05, 0.1) is 6.04 Å². The molecule has 1 aliphatic heterocycles. The van der Waals surface area contributed by atoms with E-state index in [4.69, 9.17) is 0 Å². The zero-order valence-corrected chi connectivity index (χ0v) is 15.5. The van der Waals surface area contributed by atoms with Crippen LogP contribution in [0, 0.1) is 5.82 Å². The molecule has 0 spiro atoms. The van der Waals surface area contributed by atoms with Gasteiger partial charge in [-0.1, -0.05) is 30.3 Å². The Morgan fingerprint density at radius 2 is 1.75 bits per heavy atom. The van der Waals surface area contributed by atoms with Crippen molar-refractivity contribution in [2.45, 2.75) is 31.7 Å². The second-order valence-corrected chi connectivity index (χ2v) is 7.04. The predicted octanol–water partition coefficient (Wildman–Crippen LogP) is 3.74. The molecule has 1 aliphatic rings. The lowest BCUT2D eigenvalue weighted by Gasteiger charge is -2.28. The van der Waals surface area contributed by atoms with Gasteiger partial charge in [-0.15, -0.1) is 10.2 Å². The minimum atomic E-state index is -0.337. The van der Waals surface area contributed by atoms with E-state index in [0.29, 0.717) is 24.5 Å². The molecule has 2 aromatic carbocycles. The lowest BCUT2D eigenvalue weighted by atomic mass is 10.0. The zero-order chi connectivity index (χ0) is 19.3. The highest BCUT2D eigenvalue weighted by molar-refractivity contribution is 5.94. The van der Waals surface area contributed by atoms with E-state index < -0.39 is 0 Å². The molecule has 0 aliphatic carbocycles. The number of halogens is 1. The van der Waals surface area contributed by atoms with Gasteiger partial charge in [0.25, 0.3) is 5.91 Å². The highest BCUT2D eigenvalue weighted by Crippen LogP contribution is 2.23. The fourth-order valence-electron chi connectivity index (χ4n) is 3.54. The Bertz CT molecular complexity index is 925. The van der Waals surface area contributed by atoms with Gasteiger partial charge < -0.3 is 4.90 Å². The van der Waals surface area contributed by atoms with Gasteiger partial charge in [-0.3, -0.25) is 4.79 Å². The predicted molar refractivity (Wildman–Crippen MR) is 103 cm³/mol. The van der Waals surface area contributed by atoms with Gasteiger partial charge in [0.15, 0.2) is 0 Å². The van der Waals surface area contributed by atoms with Gasteiger partial charge in [-0.25, -0.2) is 4.39 Å². The summed E-state index contributed by atoms with van der Waals surface area (Å²) < 4.78 is 13.1. The van der Waals surface area contributed by atoms with Crippen molar-refractivity contribution in [2.75, 3.05) is 13.1 Å². The number of amides is 1. The van der Waals surface area contributed by atoms with Crippen molar-refractivity contribution in [1.82, 2.24) is 25.1 Å². The number of carbonyl (C=O) groups is 1. The van der Waals surface area contributed by atoms with Gasteiger partial charge in [0.1, 0.15) is 5.82 Å². The Morgan fingerprint density at radius 3 is 2.54 bits per heavy atom. The Kier molecular flexibility index (Phi) is 5.41. The molecule has 7 heteroatoms. The van der Waals surface area contributed by atoms with Crippen molar-refractivity contribution >= 4 is 5.91 Å². The van der Waals surface area contributed by atoms with E-state index in [1.54, 1.807) is 16.9 Å². The summed E-state index contributed by atoms with van der Waals surface area (Å²) in [4.78, 5) is 16.3. The van der Waals surface area contributed by atoms with E-state index in [1.807, 2.05) is 35.2 Å². The maximum absolute atomic E-state index is 13.1. The largest absolute Gasteiger partial charge is 0.339 e. The van der Waals surface area contributed by atoms with Crippen LogP contribution in [0.4, 0.5) is 4.39 Å². The van der Waals surface area contributed by atoms with Gasteiger partial charge in [0.2, 0.25) is 5.82 Å². The average Bonchev–Trinajstić information content (AvgIpc) is 3.19. The lowest BCUT2D eigenvalue weighted by molar-refractivity contribution is 0.0726. The molecule has 3 aromatic rings. The average molecular weight is 379 g/mol. The third kappa shape index (κ3) is 4.08. The number of tetrazole rings is 1. The lowest BCUT2D eigenvalue weighted by Crippen LogP contribution is -2.35. The molecule has 1 amide bonds. The minimum absolute atomic E-state index is 0.0582. The van der Waals surface area contributed by atoms with E-state index in [9.17, 15) is 9.18 Å². The van der Waals surface area contributed by atoms with Crippen LogP contribution >= 0.6 is 0 Å². The summed E-state index contributed by atoms with van der Waals surface area (Å²) in [5.41, 5.74) is 1.46. The monoisotopic (exact) mass is 379 g/mol. The number of aromatic nitrogens is 4. The van der Waals surface area contributed by atoms with E-state index in [1.165, 1.54) is 12.1 Å². The van der Waals surface area contributed by atoms with Gasteiger partial charge in [0, 0.05) is 24.2 Å². The molecule has 1 unspecified atom stereocenters. The van der Waals surface area contributed by atoms with Crippen LogP contribution in [-0.4, -0.2) is 44.1 Å². The van der Waals surface area contributed by atoms with Crippen molar-refractivity contribution in [2.24, 2.45) is 0 Å². The van der Waals surface area contributed by atoms with Crippen molar-refractivity contribution in [3.63, 3.8) is 0 Å². The van der Waals surface area contributed by atoms with Crippen LogP contribution in [0.5, 0.6) is 0 Å². The molecule has 4 rings (SSSR count). The summed E-state index contributed by atoms with van der Waals surface area (Å²) in [5, 5.41) is 13.0. The number of hydrogen-bond donors (Lipinski definition) is 0. The fourth-order valence-corrected chi connectivity index (χ4v) is 3.54. The molecule has 0 radical (unpaired) electrons. The molecule has 0 bridgehead atoms. The smallest absolute Gasteiger partial charge is 0.253 e. The van der Waals surface area contributed by atoms with Crippen LogP contribution < -0.4 is 0 Å². The Hall–Kier alpha value is -3.09. The summed E-state index contributed by atoms with van der Waals surface area (Å²) in [6.45, 7) is 1.33. The molecule has 1 atom stereocenters. The molecule has 1 fully saturated rings. The second kappa shape index (κ2) is 8.29. The van der Waals surface area contributed by atoms with Crippen molar-refractivity contribution in [3.05, 3.63) is 66.0 Å². The first kappa shape index (κ1) is 18.3. The Morgan fingerprint density at radius 1 is 0.964 bits per heavy atom. The maximum atomic E-state index is 13.1. The number of benzene rings is 2. The van der Waals surface area contributed by atoms with Crippen molar-refractivity contribution < 1.29 is 9.18 Å². The first-order valence-corrected chi connectivity index (χ1v) is 9.60. The fraction of sp³-hybridized carbons (Fsp3) is 0.333. The maximum Gasteiger partial charge on any atom is 0.253 e. The van der Waals surface area contributed by atoms with Crippen LogP contribution in [0.15, 0.2) is 54.6 Å². The molecule has 1 saturated heterocycles. The SMILES string of the molecule is O=C(c1ccc(F)cc1)N1CCCCC(n2nnc(-c3ccccc3)n2)CC1. The molecule has 0 saturated carbocycles. The van der Waals surface area contributed by atoms with Gasteiger partial charge in [-0.05, 0) is 55.2 Å². The third-order valence-electron chi connectivity index (χ3n) is 5.11. The van der Waals surface area contributed by atoms with Gasteiger partial charge >= 0.3 is 0 Å². The highest BCUT2D eigenvalue weighted by atomic mass is 19.1. The summed E-state index contributed by atoms with van der Waals surface area (Å²) >= 11 is 0. The molecule has 6 nitrogen and oxygen atoms in total. The van der Waals surface area contributed by atoms with E-state index in [0.717, 1.165) is 31.2 Å². The van der Waals surface area contributed by atoms with Crippen molar-refractivity contribution in [1.29, 1.82) is 0 Å². The number of hydrogen-bond acceptors (Lipinski definition) is 4. The zero-order valence-electron chi connectivity index (χ0n) is 15.5. The topological polar surface area (TPSA) is 63.9 Å². The molecular formula is C21H22FN5O. The summed E-state index contributed by atoms with van der Waals surface area (Å²) in [5.74, 6) is 0.217. The highest BCUT2D eigenvalue weighted by Gasteiger charge is 2.23. The van der Waals surface area contributed by atoms with E-state index in [2.05, 4.69) is 15.4 Å². The first-order chi connectivity index (χ1) is 13.7. The minimum Gasteiger partial charge on any atom is -0.339 e. The van der Waals surface area contributed by atoms with Crippen LogP contribution in [0.3, 0.4) is 0 Å². The molecule has 1 aromatic heterocycles. The second-order valence-electron chi connectivity index (χ2n) is 7.04. The van der Waals surface area contributed by atoms with E-state index in [-0.39, 0.29) is 17.8 Å². The number of rotatable bonds is 3. The van der Waals surface area contributed by atoms with Crippen LogP contribution in [0.25, 0.3) is 11.4 Å². The van der Waals surface area contributed by atoms with Crippen LogP contribution in [-0.2, 0) is 0 Å². The Balaban J connectivity index is 1.45. The van der Waals surface area contributed by atoms with Crippen LogP contribution in [0.2, 0.25) is 0 Å². The normalized spacial score (nSPS) is 17.8. The Labute approximate surface area is 163 Å². The van der Waals surface area contributed by atoms with E-state index >= 15 is 0 Å². The molecule has 28 heavy (non-hydrogen) atoms.